The van der Waals surface area contributed by atoms with E-state index in [1.807, 2.05) is 23.1 Å². The molecule has 4 nitrogen and oxygen atoms in total. The summed E-state index contributed by atoms with van der Waals surface area (Å²) in [5, 5.41) is 0.138. The summed E-state index contributed by atoms with van der Waals surface area (Å²) >= 11 is 3.17. The highest BCUT2D eigenvalue weighted by molar-refractivity contribution is 9.10. The average Bonchev–Trinajstić information content (AvgIpc) is 2.73. The van der Waals surface area contributed by atoms with Crippen LogP contribution in [0.15, 0.2) is 53.5 Å². The van der Waals surface area contributed by atoms with E-state index in [0.717, 1.165) is 6.54 Å². The summed E-state index contributed by atoms with van der Waals surface area (Å²) in [6.45, 7) is 6.53. The third-order valence-corrected chi connectivity index (χ3v) is 6.07. The summed E-state index contributed by atoms with van der Waals surface area (Å²) in [4.78, 5) is 11.7. The van der Waals surface area contributed by atoms with E-state index in [4.69, 9.17) is 0 Å². The van der Waals surface area contributed by atoms with Gasteiger partial charge in [0, 0.05) is 38.3 Å². The van der Waals surface area contributed by atoms with E-state index in [0.29, 0.717) is 32.1 Å². The average molecular weight is 477 g/mol. The van der Waals surface area contributed by atoms with Crippen LogP contribution in [0.5, 0.6) is 0 Å². The van der Waals surface area contributed by atoms with Crippen molar-refractivity contribution >= 4 is 32.7 Å². The Morgan fingerprint density at radius 3 is 2.60 bits per heavy atom. The summed E-state index contributed by atoms with van der Waals surface area (Å²) in [5.41, 5.74) is 0.962. The molecule has 8 heteroatoms. The van der Waals surface area contributed by atoms with E-state index in [2.05, 4.69) is 49.5 Å². The molecular weight excluding hydrogens is 457 g/mol. The maximum Gasteiger partial charge on any atom is 0.311 e. The topological polar surface area (TPSA) is 32.3 Å². The van der Waals surface area contributed by atoms with Crippen molar-refractivity contribution in [2.24, 2.45) is 0 Å². The van der Waals surface area contributed by atoms with Crippen molar-refractivity contribution in [2.45, 2.75) is 19.0 Å². The van der Waals surface area contributed by atoms with Crippen LogP contribution in [0.3, 0.4) is 0 Å². The minimum absolute atomic E-state index is 0.0259. The molecule has 0 saturated carbocycles. The van der Waals surface area contributed by atoms with E-state index in [-0.39, 0.29) is 27.2 Å². The fourth-order valence-electron chi connectivity index (χ4n) is 3.95. The van der Waals surface area contributed by atoms with Crippen LogP contribution in [0.25, 0.3) is 10.9 Å². The quantitative estimate of drug-likeness (QED) is 0.292. The number of hydrogen-bond acceptors (Lipinski definition) is 4. The molecule has 0 radical (unpaired) electrons. The molecule has 0 spiro atoms. The van der Waals surface area contributed by atoms with Crippen molar-refractivity contribution in [1.82, 2.24) is 14.9 Å². The molecule has 1 fully saturated rings. The lowest BCUT2D eigenvalue weighted by Crippen LogP contribution is -2.53. The molecule has 0 aliphatic carbocycles. The number of anilines is 1. The summed E-state index contributed by atoms with van der Waals surface area (Å²) in [5.74, 6) is -1.51. The zero-order valence-corrected chi connectivity index (χ0v) is 17.7. The van der Waals surface area contributed by atoms with Crippen molar-refractivity contribution in [2.75, 3.05) is 24.5 Å². The number of hydrogen-bond donors (Lipinski definition) is 0. The number of aromatic nitrogens is 2. The Balaban J connectivity index is 1.71. The minimum atomic E-state index is -1.04. The third kappa shape index (κ3) is 4.06. The first-order chi connectivity index (χ1) is 14.5. The molecule has 2 heterocycles. The van der Waals surface area contributed by atoms with Crippen LogP contribution < -0.4 is 4.90 Å². The first-order valence-corrected chi connectivity index (χ1v) is 10.4. The van der Waals surface area contributed by atoms with Gasteiger partial charge in [-0.1, -0.05) is 36.4 Å². The molecule has 1 saturated heterocycles. The number of fused-ring (bicyclic) bond motifs is 1. The Bertz CT molecular complexity index is 1080. The van der Waals surface area contributed by atoms with Crippen LogP contribution in [0.1, 0.15) is 12.0 Å². The largest absolute Gasteiger partial charge is 0.350 e. The van der Waals surface area contributed by atoms with Crippen molar-refractivity contribution in [3.63, 3.8) is 0 Å². The molecule has 0 unspecified atom stereocenters. The predicted molar refractivity (Wildman–Crippen MR) is 115 cm³/mol. The van der Waals surface area contributed by atoms with Gasteiger partial charge in [-0.25, -0.2) is 8.78 Å². The van der Waals surface area contributed by atoms with Crippen LogP contribution in [0.4, 0.5) is 19.0 Å². The van der Waals surface area contributed by atoms with Gasteiger partial charge in [-0.2, -0.15) is 14.4 Å². The normalized spacial score (nSPS) is 17.5. The van der Waals surface area contributed by atoms with Gasteiger partial charge in [-0.05, 0) is 27.9 Å². The number of halogens is 4. The van der Waals surface area contributed by atoms with Crippen molar-refractivity contribution in [3.05, 3.63) is 76.8 Å². The maximum atomic E-state index is 14.3. The summed E-state index contributed by atoms with van der Waals surface area (Å²) < 4.78 is 42.8. The van der Waals surface area contributed by atoms with Crippen molar-refractivity contribution in [1.29, 1.82) is 0 Å². The molecule has 0 amide bonds. The Morgan fingerprint density at radius 1 is 1.10 bits per heavy atom. The smallest absolute Gasteiger partial charge is 0.311 e. The predicted octanol–water partition coefficient (Wildman–Crippen LogP) is 5.08. The van der Waals surface area contributed by atoms with Crippen LogP contribution in [-0.4, -0.2) is 40.5 Å². The van der Waals surface area contributed by atoms with Gasteiger partial charge >= 0.3 is 6.08 Å². The molecule has 1 aromatic heterocycles. The molecule has 156 valence electrons. The first kappa shape index (κ1) is 20.8. The highest BCUT2D eigenvalue weighted by atomic mass is 79.9. The zero-order chi connectivity index (χ0) is 21.3. The Kier molecular flexibility index (Phi) is 6.06. The second-order valence-corrected chi connectivity index (χ2v) is 8.08. The van der Waals surface area contributed by atoms with Gasteiger partial charge in [0.1, 0.15) is 17.2 Å². The standard InChI is InChI=1S/C22H20BrF3N4/c1-2-6-15-13-29(12-14-7-4-3-5-8-14)9-10-30(15)21-18-19(23)16(24)11-17(25)20(18)27-22(26)28-21/h2-5,7-8,11,15H,1,6,9-10,12-13H2/t15-/m1/s1. The Labute approximate surface area is 181 Å². The Hall–Kier alpha value is -2.45. The second kappa shape index (κ2) is 8.73. The van der Waals surface area contributed by atoms with Gasteiger partial charge in [0.25, 0.3) is 0 Å². The summed E-state index contributed by atoms with van der Waals surface area (Å²) in [6.07, 6.45) is 1.37. The van der Waals surface area contributed by atoms with Gasteiger partial charge in [0.05, 0.1) is 9.86 Å². The number of rotatable bonds is 5. The number of nitrogens with zero attached hydrogens (tertiary/aromatic N) is 4. The fourth-order valence-corrected chi connectivity index (χ4v) is 4.42. The second-order valence-electron chi connectivity index (χ2n) is 7.29. The van der Waals surface area contributed by atoms with Crippen molar-refractivity contribution in [3.8, 4) is 0 Å². The molecule has 0 bridgehead atoms. The van der Waals surface area contributed by atoms with E-state index in [9.17, 15) is 13.2 Å². The molecule has 2 aromatic carbocycles. The zero-order valence-electron chi connectivity index (χ0n) is 16.2. The van der Waals surface area contributed by atoms with Crippen LogP contribution in [-0.2, 0) is 6.54 Å². The molecule has 1 aliphatic rings. The minimum Gasteiger partial charge on any atom is -0.350 e. The van der Waals surface area contributed by atoms with Gasteiger partial charge in [-0.3, -0.25) is 4.90 Å². The van der Waals surface area contributed by atoms with E-state index in [1.165, 1.54) is 5.56 Å². The van der Waals surface area contributed by atoms with Gasteiger partial charge < -0.3 is 4.90 Å². The van der Waals surface area contributed by atoms with Gasteiger partial charge in [0.2, 0.25) is 0 Å². The Morgan fingerprint density at radius 2 is 1.87 bits per heavy atom. The number of piperazine rings is 1. The number of benzene rings is 2. The lowest BCUT2D eigenvalue weighted by Gasteiger charge is -2.42. The summed E-state index contributed by atoms with van der Waals surface area (Å²) in [6, 6.07) is 10.8. The monoisotopic (exact) mass is 476 g/mol. The molecular formula is C22H20BrF3N4. The third-order valence-electron chi connectivity index (χ3n) is 5.30. The first-order valence-electron chi connectivity index (χ1n) is 9.62. The van der Waals surface area contributed by atoms with E-state index in [1.54, 1.807) is 6.08 Å². The van der Waals surface area contributed by atoms with Crippen LogP contribution >= 0.6 is 15.9 Å². The molecule has 1 atom stereocenters. The molecule has 1 aliphatic heterocycles. The van der Waals surface area contributed by atoms with E-state index >= 15 is 0 Å². The lowest BCUT2D eigenvalue weighted by molar-refractivity contribution is 0.214. The molecule has 4 rings (SSSR count). The van der Waals surface area contributed by atoms with Gasteiger partial charge in [-0.15, -0.1) is 6.58 Å². The SMILES string of the molecule is C=CC[C@@H]1CN(Cc2ccccc2)CCN1c1nc(F)nc2c(F)cc(F)c(Br)c12. The van der Waals surface area contributed by atoms with Crippen LogP contribution in [0.2, 0.25) is 0 Å². The van der Waals surface area contributed by atoms with Gasteiger partial charge in [0.15, 0.2) is 5.82 Å². The fraction of sp³-hybridized carbons (Fsp3) is 0.273. The molecule has 30 heavy (non-hydrogen) atoms. The lowest BCUT2D eigenvalue weighted by atomic mass is 10.1. The highest BCUT2D eigenvalue weighted by Gasteiger charge is 2.30. The van der Waals surface area contributed by atoms with E-state index < -0.39 is 17.7 Å². The highest BCUT2D eigenvalue weighted by Crippen LogP contribution is 2.36. The molecule has 3 aromatic rings. The van der Waals surface area contributed by atoms with Crippen LogP contribution in [0, 0.1) is 17.7 Å². The molecule has 0 N–H and O–H groups in total. The van der Waals surface area contributed by atoms with Crippen molar-refractivity contribution < 1.29 is 13.2 Å². The summed E-state index contributed by atoms with van der Waals surface area (Å²) in [7, 11) is 0. The maximum absolute atomic E-state index is 14.3.